The molecule has 0 saturated heterocycles. The van der Waals surface area contributed by atoms with E-state index in [4.69, 9.17) is 0 Å². The molecule has 0 bridgehead atoms. The molecular weight excluding hydrogens is 234 g/mol. The molecule has 19 heavy (non-hydrogen) atoms. The van der Waals surface area contributed by atoms with Crippen LogP contribution in [0.4, 0.5) is 0 Å². The number of aromatic nitrogens is 2. The Morgan fingerprint density at radius 2 is 2.05 bits per heavy atom. The third-order valence-corrected chi connectivity index (χ3v) is 3.47. The Morgan fingerprint density at radius 3 is 2.68 bits per heavy atom. The van der Waals surface area contributed by atoms with Crippen LogP contribution in [0.2, 0.25) is 0 Å². The summed E-state index contributed by atoms with van der Waals surface area (Å²) in [5.41, 5.74) is 4.05. The third-order valence-electron chi connectivity index (χ3n) is 3.47. The molecule has 0 aliphatic heterocycles. The molecule has 2 rings (SSSR count). The molecule has 3 heteroatoms. The molecular formula is C16H23N3. The van der Waals surface area contributed by atoms with Crippen LogP contribution in [0.15, 0.2) is 36.9 Å². The van der Waals surface area contributed by atoms with Crippen LogP contribution in [0.25, 0.3) is 0 Å². The van der Waals surface area contributed by atoms with Gasteiger partial charge in [-0.2, -0.15) is 0 Å². The second-order valence-electron chi connectivity index (χ2n) is 5.41. The lowest BCUT2D eigenvalue weighted by atomic mass is 10.00. The maximum absolute atomic E-state index is 4.07. The van der Waals surface area contributed by atoms with Gasteiger partial charge >= 0.3 is 0 Å². The first-order chi connectivity index (χ1) is 9.06. The summed E-state index contributed by atoms with van der Waals surface area (Å²) in [7, 11) is 0. The summed E-state index contributed by atoms with van der Waals surface area (Å²) in [6, 6.07) is 7.42. The first kappa shape index (κ1) is 13.8. The Bertz CT molecular complexity index is 517. The molecule has 1 N–H and O–H groups in total. The maximum atomic E-state index is 4.07. The van der Waals surface area contributed by atoms with E-state index in [1.54, 1.807) is 0 Å². The molecule has 102 valence electrons. The summed E-state index contributed by atoms with van der Waals surface area (Å²) < 4.78 is 2.10. The van der Waals surface area contributed by atoms with Crippen LogP contribution in [0.3, 0.4) is 0 Å². The largest absolute Gasteiger partial charge is 0.336 e. The number of nitrogens with one attached hydrogen (secondary N) is 1. The minimum Gasteiger partial charge on any atom is -0.336 e. The Kier molecular flexibility index (Phi) is 4.38. The smallest absolute Gasteiger partial charge is 0.0946 e. The molecule has 2 unspecified atom stereocenters. The molecule has 0 aliphatic carbocycles. The Morgan fingerprint density at radius 1 is 1.26 bits per heavy atom. The molecule has 1 aromatic carbocycles. The average Bonchev–Trinajstić information content (AvgIpc) is 2.81. The summed E-state index contributed by atoms with van der Waals surface area (Å²) in [4.78, 5) is 4.07. The van der Waals surface area contributed by atoms with E-state index in [-0.39, 0.29) is 0 Å². The fraction of sp³-hybridized carbons (Fsp3) is 0.438. The lowest BCUT2D eigenvalue weighted by molar-refractivity contribution is 0.429. The van der Waals surface area contributed by atoms with E-state index in [0.29, 0.717) is 12.1 Å². The molecule has 2 aromatic rings. The van der Waals surface area contributed by atoms with Crippen molar-refractivity contribution >= 4 is 0 Å². The van der Waals surface area contributed by atoms with E-state index in [1.807, 2.05) is 18.7 Å². The fourth-order valence-corrected chi connectivity index (χ4v) is 2.59. The minimum absolute atomic E-state index is 0.360. The predicted octanol–water partition coefficient (Wildman–Crippen LogP) is 3.24. The van der Waals surface area contributed by atoms with Crippen LogP contribution in [0, 0.1) is 13.8 Å². The van der Waals surface area contributed by atoms with Crippen molar-refractivity contribution in [2.75, 3.05) is 0 Å². The number of nitrogens with zero attached hydrogens (tertiary/aromatic N) is 2. The third kappa shape index (κ3) is 3.67. The van der Waals surface area contributed by atoms with E-state index in [2.05, 4.69) is 60.8 Å². The number of imidazole rings is 1. The average molecular weight is 257 g/mol. The molecule has 2 atom stereocenters. The molecule has 0 saturated carbocycles. The monoisotopic (exact) mass is 257 g/mol. The van der Waals surface area contributed by atoms with Crippen molar-refractivity contribution in [1.82, 2.24) is 14.9 Å². The van der Waals surface area contributed by atoms with Crippen molar-refractivity contribution in [3.05, 3.63) is 53.6 Å². The number of hydrogen-bond acceptors (Lipinski definition) is 2. The van der Waals surface area contributed by atoms with Crippen LogP contribution >= 0.6 is 0 Å². The highest BCUT2D eigenvalue weighted by atomic mass is 15.1. The number of rotatable bonds is 5. The van der Waals surface area contributed by atoms with Crippen molar-refractivity contribution < 1.29 is 0 Å². The first-order valence-corrected chi connectivity index (χ1v) is 6.85. The van der Waals surface area contributed by atoms with Crippen LogP contribution in [-0.4, -0.2) is 15.6 Å². The topological polar surface area (TPSA) is 29.9 Å². The molecule has 0 spiro atoms. The van der Waals surface area contributed by atoms with Gasteiger partial charge in [0.15, 0.2) is 0 Å². The quantitative estimate of drug-likeness (QED) is 0.891. The predicted molar refractivity (Wildman–Crippen MR) is 79.2 cm³/mol. The summed E-state index contributed by atoms with van der Waals surface area (Å²) in [6.07, 6.45) is 5.68. The van der Waals surface area contributed by atoms with Gasteiger partial charge in [-0.25, -0.2) is 4.98 Å². The molecule has 0 radical (unpaired) electrons. The summed E-state index contributed by atoms with van der Waals surface area (Å²) in [5, 5.41) is 3.65. The summed E-state index contributed by atoms with van der Waals surface area (Å²) in [5.74, 6) is 0. The first-order valence-electron chi connectivity index (χ1n) is 6.85. The van der Waals surface area contributed by atoms with Crippen molar-refractivity contribution in [3.8, 4) is 0 Å². The lowest BCUT2D eigenvalue weighted by Crippen LogP contribution is -2.32. The molecule has 0 amide bonds. The molecule has 1 heterocycles. The van der Waals surface area contributed by atoms with Crippen LogP contribution in [0.5, 0.6) is 0 Å². The zero-order valence-electron chi connectivity index (χ0n) is 12.2. The Hall–Kier alpha value is -1.61. The summed E-state index contributed by atoms with van der Waals surface area (Å²) >= 11 is 0. The van der Waals surface area contributed by atoms with E-state index in [1.165, 1.54) is 16.7 Å². The fourth-order valence-electron chi connectivity index (χ4n) is 2.59. The van der Waals surface area contributed by atoms with Crippen molar-refractivity contribution in [2.24, 2.45) is 0 Å². The lowest BCUT2D eigenvalue weighted by Gasteiger charge is -2.22. The van der Waals surface area contributed by atoms with Crippen molar-refractivity contribution in [3.63, 3.8) is 0 Å². The van der Waals surface area contributed by atoms with Gasteiger partial charge in [0, 0.05) is 31.0 Å². The summed E-state index contributed by atoms with van der Waals surface area (Å²) in [6.45, 7) is 9.69. The Labute approximate surface area is 115 Å². The molecule has 1 aromatic heterocycles. The normalized spacial score (nSPS) is 14.3. The van der Waals surface area contributed by atoms with E-state index < -0.39 is 0 Å². The number of aryl methyl sites for hydroxylation is 2. The zero-order valence-corrected chi connectivity index (χ0v) is 12.2. The van der Waals surface area contributed by atoms with Crippen LogP contribution in [0.1, 0.15) is 36.6 Å². The van der Waals surface area contributed by atoms with E-state index in [9.17, 15) is 0 Å². The second-order valence-corrected chi connectivity index (χ2v) is 5.41. The Balaban J connectivity index is 1.98. The van der Waals surface area contributed by atoms with Gasteiger partial charge in [-0.3, -0.25) is 0 Å². The van der Waals surface area contributed by atoms with Crippen molar-refractivity contribution in [2.45, 2.75) is 46.3 Å². The van der Waals surface area contributed by atoms with Gasteiger partial charge in [0.2, 0.25) is 0 Å². The maximum Gasteiger partial charge on any atom is 0.0946 e. The van der Waals surface area contributed by atoms with Gasteiger partial charge in [-0.15, -0.1) is 0 Å². The molecule has 0 aliphatic rings. The number of hydrogen-bond donors (Lipinski definition) is 1. The highest BCUT2D eigenvalue weighted by molar-refractivity contribution is 5.32. The van der Waals surface area contributed by atoms with Gasteiger partial charge in [0.05, 0.1) is 6.33 Å². The highest BCUT2D eigenvalue weighted by Gasteiger charge is 2.11. The van der Waals surface area contributed by atoms with Gasteiger partial charge in [0.1, 0.15) is 0 Å². The van der Waals surface area contributed by atoms with Crippen LogP contribution < -0.4 is 5.32 Å². The van der Waals surface area contributed by atoms with E-state index in [0.717, 1.165) is 6.54 Å². The van der Waals surface area contributed by atoms with Gasteiger partial charge in [-0.1, -0.05) is 23.8 Å². The van der Waals surface area contributed by atoms with Gasteiger partial charge in [-0.05, 0) is 38.8 Å². The van der Waals surface area contributed by atoms with Crippen molar-refractivity contribution in [1.29, 1.82) is 0 Å². The number of benzene rings is 1. The van der Waals surface area contributed by atoms with Crippen LogP contribution in [-0.2, 0) is 6.54 Å². The second kappa shape index (κ2) is 6.02. The minimum atomic E-state index is 0.360. The van der Waals surface area contributed by atoms with E-state index >= 15 is 0 Å². The highest BCUT2D eigenvalue weighted by Crippen LogP contribution is 2.19. The molecule has 3 nitrogen and oxygen atoms in total. The zero-order chi connectivity index (χ0) is 13.8. The van der Waals surface area contributed by atoms with Gasteiger partial charge < -0.3 is 9.88 Å². The SMILES string of the molecule is Cc1ccc(C(C)NC(C)Cn2ccnc2)c(C)c1. The standard InChI is InChI=1S/C16H23N3/c1-12-5-6-16(13(2)9-12)15(4)18-14(3)10-19-8-7-17-11-19/h5-9,11,14-15,18H,10H2,1-4H3. The van der Waals surface area contributed by atoms with Gasteiger partial charge in [0.25, 0.3) is 0 Å². The molecule has 0 fully saturated rings.